The molecule has 4 N–H and O–H groups in total. The van der Waals surface area contributed by atoms with Crippen molar-refractivity contribution >= 4 is 11.9 Å². The first-order chi connectivity index (χ1) is 33.7. The third-order valence-electron chi connectivity index (χ3n) is 13.1. The second kappa shape index (κ2) is 26.9. The van der Waals surface area contributed by atoms with Crippen molar-refractivity contribution in [1.29, 1.82) is 0 Å². The van der Waals surface area contributed by atoms with Gasteiger partial charge >= 0.3 is 5.97 Å². The molecule has 4 aliphatic rings. The molecule has 0 aromatic heterocycles. The number of hydrogen-bond acceptors (Lipinski definition) is 15. The molecule has 4 aliphatic heterocycles. The van der Waals surface area contributed by atoms with Crippen molar-refractivity contribution in [3.05, 3.63) is 107 Å². The molecule has 17 heteroatoms. The molecule has 376 valence electrons. The van der Waals surface area contributed by atoms with E-state index < -0.39 is 5.97 Å². The Labute approximate surface area is 405 Å². The van der Waals surface area contributed by atoms with Gasteiger partial charge in [-0.1, -0.05) is 60.7 Å². The van der Waals surface area contributed by atoms with Gasteiger partial charge in [-0.15, -0.1) is 0 Å². The van der Waals surface area contributed by atoms with Crippen LogP contribution in [-0.4, -0.2) is 158 Å². The Hall–Kier alpha value is -5.66. The highest BCUT2D eigenvalue weighted by molar-refractivity contribution is 5.95. The minimum absolute atomic E-state index is 0.0794. The Balaban J connectivity index is 0.000000189. The molecule has 0 radical (unpaired) electrons. The van der Waals surface area contributed by atoms with Crippen LogP contribution in [0.4, 0.5) is 0 Å². The highest BCUT2D eigenvalue weighted by Gasteiger charge is 2.40. The Morgan fingerprint density at radius 3 is 1.30 bits per heavy atom. The molecule has 4 aromatic carbocycles. The second-order valence-corrected chi connectivity index (χ2v) is 17.0. The third-order valence-corrected chi connectivity index (χ3v) is 13.1. The summed E-state index contributed by atoms with van der Waals surface area (Å²) >= 11 is 0. The summed E-state index contributed by atoms with van der Waals surface area (Å²) in [6.07, 6.45) is 3.91. The molecule has 0 atom stereocenters. The molecule has 4 fully saturated rings. The number of ether oxygens (including phenoxy) is 10. The average molecular weight is 959 g/mol. The van der Waals surface area contributed by atoms with Gasteiger partial charge in [0.25, 0.3) is 5.91 Å². The standard InChI is InChI=1S/C26H34N2O6.C16H16O5.C10H20N2O2/c1-30-22-16-21(17-23(31-2)24(22)34-18-20-6-4-3-5-7-20)25(29)27-19-26(8-12-32-13-9-26)28-10-14-33-15-11-28;1-19-13-8-12(16(17)18)9-14(20-2)15(13)21-10-11-6-4-3-5-7-11;11-9-10(1-5-13-6-2-10)12-3-7-14-8-4-12/h3-7,16-17H,8-15,18-19H2,1-2H3,(H,27,29);3-9H,10H2,1-2H3,(H,17,18);1-9,11H2. The fourth-order valence-corrected chi connectivity index (χ4v) is 8.94. The number of morpholine rings is 2. The topological polar surface area (TPSA) is 191 Å². The molecule has 1 amide bonds. The second-order valence-electron chi connectivity index (χ2n) is 17.0. The molecule has 0 spiro atoms. The number of nitrogens with zero attached hydrogens (tertiary/aromatic N) is 2. The summed E-state index contributed by atoms with van der Waals surface area (Å²) in [7, 11) is 6.02. The molecular formula is C52H70N4O13. The quantitative estimate of drug-likeness (QED) is 0.117. The Morgan fingerprint density at radius 2 is 0.928 bits per heavy atom. The molecule has 17 nitrogen and oxygen atoms in total. The minimum Gasteiger partial charge on any atom is -0.493 e. The van der Waals surface area contributed by atoms with Gasteiger partial charge in [0.1, 0.15) is 13.2 Å². The van der Waals surface area contributed by atoms with Crippen LogP contribution in [0, 0.1) is 0 Å². The number of benzene rings is 4. The highest BCUT2D eigenvalue weighted by atomic mass is 16.5. The predicted molar refractivity (Wildman–Crippen MR) is 259 cm³/mol. The molecule has 8 rings (SSSR count). The van der Waals surface area contributed by atoms with Gasteiger partial charge in [-0.3, -0.25) is 14.6 Å². The van der Waals surface area contributed by atoms with Crippen molar-refractivity contribution in [1.82, 2.24) is 15.1 Å². The number of nitrogens with two attached hydrogens (primary N) is 1. The number of rotatable bonds is 17. The lowest BCUT2D eigenvalue weighted by Gasteiger charge is -2.47. The van der Waals surface area contributed by atoms with Gasteiger partial charge in [0.2, 0.25) is 11.5 Å². The SMILES string of the molecule is COc1cc(C(=O)NCC2(N3CCOCC3)CCOCC2)cc(OC)c1OCc1ccccc1.COc1cc(C(=O)O)cc(OC)c1OCc1ccccc1.NCC1(N2CCOCC2)CCOCC1. The molecule has 0 saturated carbocycles. The lowest BCUT2D eigenvalue weighted by Crippen LogP contribution is -2.61. The number of methoxy groups -OCH3 is 4. The average Bonchev–Trinajstić information content (AvgIpc) is 3.42. The van der Waals surface area contributed by atoms with E-state index in [1.165, 1.54) is 26.4 Å². The van der Waals surface area contributed by atoms with Crippen LogP contribution >= 0.6 is 0 Å². The van der Waals surface area contributed by atoms with Crippen LogP contribution in [0.2, 0.25) is 0 Å². The Morgan fingerprint density at radius 1 is 0.565 bits per heavy atom. The summed E-state index contributed by atoms with van der Waals surface area (Å²) in [6.45, 7) is 12.0. The van der Waals surface area contributed by atoms with Gasteiger partial charge in [0.15, 0.2) is 23.0 Å². The summed E-state index contributed by atoms with van der Waals surface area (Å²) < 4.78 is 55.2. The number of hydrogen-bond donors (Lipinski definition) is 3. The third kappa shape index (κ3) is 14.4. The summed E-state index contributed by atoms with van der Waals surface area (Å²) in [5.74, 6) is 1.18. The minimum atomic E-state index is -1.05. The van der Waals surface area contributed by atoms with Gasteiger partial charge < -0.3 is 63.5 Å². The van der Waals surface area contributed by atoms with Gasteiger partial charge in [0, 0.05) is 82.3 Å². The van der Waals surface area contributed by atoms with Crippen molar-refractivity contribution < 1.29 is 62.1 Å². The van der Waals surface area contributed by atoms with E-state index in [4.69, 9.17) is 58.2 Å². The number of nitrogens with one attached hydrogen (secondary N) is 1. The van der Waals surface area contributed by atoms with Crippen LogP contribution in [-0.2, 0) is 32.2 Å². The number of carboxylic acid groups (broad SMARTS) is 1. The monoisotopic (exact) mass is 958 g/mol. The molecule has 4 heterocycles. The number of carbonyl (C=O) groups is 2. The zero-order valence-corrected chi connectivity index (χ0v) is 40.5. The molecule has 4 saturated heterocycles. The fourth-order valence-electron chi connectivity index (χ4n) is 8.94. The lowest BCUT2D eigenvalue weighted by atomic mass is 9.87. The van der Waals surface area contributed by atoms with Crippen molar-refractivity contribution in [3.63, 3.8) is 0 Å². The van der Waals surface area contributed by atoms with E-state index in [1.807, 2.05) is 60.7 Å². The van der Waals surface area contributed by atoms with E-state index in [0.717, 1.165) is 109 Å². The number of amides is 1. The first-order valence-corrected chi connectivity index (χ1v) is 23.6. The van der Waals surface area contributed by atoms with Crippen molar-refractivity contribution in [2.75, 3.05) is 121 Å². The van der Waals surface area contributed by atoms with Crippen LogP contribution in [0.15, 0.2) is 84.9 Å². The molecule has 69 heavy (non-hydrogen) atoms. The molecule has 0 aliphatic carbocycles. The van der Waals surface area contributed by atoms with Crippen LogP contribution in [0.5, 0.6) is 34.5 Å². The van der Waals surface area contributed by atoms with Crippen molar-refractivity contribution in [3.8, 4) is 34.5 Å². The van der Waals surface area contributed by atoms with Crippen LogP contribution in [0.25, 0.3) is 0 Å². The molecule has 0 unspecified atom stereocenters. The zero-order chi connectivity index (χ0) is 48.9. The maximum absolute atomic E-state index is 13.2. The van der Waals surface area contributed by atoms with Gasteiger partial charge in [-0.25, -0.2) is 4.79 Å². The molecular weight excluding hydrogens is 889 g/mol. The Bertz CT molecular complexity index is 2120. The maximum atomic E-state index is 13.2. The molecule has 0 bridgehead atoms. The van der Waals surface area contributed by atoms with Crippen molar-refractivity contribution in [2.24, 2.45) is 5.73 Å². The summed E-state index contributed by atoms with van der Waals surface area (Å²) in [5, 5.41) is 12.2. The maximum Gasteiger partial charge on any atom is 0.335 e. The Kier molecular flexibility index (Phi) is 20.6. The normalized spacial score (nSPS) is 17.9. The summed E-state index contributed by atoms with van der Waals surface area (Å²) in [6, 6.07) is 25.7. The number of carboxylic acids is 1. The van der Waals surface area contributed by atoms with E-state index in [-0.39, 0.29) is 22.5 Å². The first-order valence-electron chi connectivity index (χ1n) is 23.6. The predicted octanol–water partition coefficient (Wildman–Crippen LogP) is 5.70. The van der Waals surface area contributed by atoms with Gasteiger partial charge in [0.05, 0.1) is 60.4 Å². The number of aromatic carboxylic acids is 1. The lowest BCUT2D eigenvalue weighted by molar-refractivity contribution is -0.0693. The van der Waals surface area contributed by atoms with E-state index in [2.05, 4.69) is 15.1 Å². The van der Waals surface area contributed by atoms with E-state index in [0.29, 0.717) is 73.0 Å². The fraction of sp³-hybridized carbons (Fsp3) is 0.500. The first kappa shape index (κ1) is 52.7. The van der Waals surface area contributed by atoms with Gasteiger partial charge in [-0.05, 0) is 61.1 Å². The smallest absolute Gasteiger partial charge is 0.335 e. The number of carbonyl (C=O) groups excluding carboxylic acids is 1. The van der Waals surface area contributed by atoms with E-state index >= 15 is 0 Å². The van der Waals surface area contributed by atoms with Gasteiger partial charge in [-0.2, -0.15) is 0 Å². The van der Waals surface area contributed by atoms with Crippen LogP contribution in [0.3, 0.4) is 0 Å². The molecule has 4 aromatic rings. The summed E-state index contributed by atoms with van der Waals surface area (Å²) in [4.78, 5) is 29.2. The van der Waals surface area contributed by atoms with Crippen LogP contribution in [0.1, 0.15) is 57.5 Å². The highest BCUT2D eigenvalue weighted by Crippen LogP contribution is 2.40. The summed E-state index contributed by atoms with van der Waals surface area (Å²) in [5.41, 5.74) is 8.57. The van der Waals surface area contributed by atoms with E-state index in [9.17, 15) is 9.59 Å². The van der Waals surface area contributed by atoms with Crippen molar-refractivity contribution in [2.45, 2.75) is 50.0 Å². The van der Waals surface area contributed by atoms with E-state index in [1.54, 1.807) is 26.4 Å². The largest absolute Gasteiger partial charge is 0.493 e. The zero-order valence-electron chi connectivity index (χ0n) is 40.5. The van der Waals surface area contributed by atoms with Crippen LogP contribution < -0.4 is 39.5 Å².